The van der Waals surface area contributed by atoms with E-state index in [1.165, 1.54) is 0 Å². The average molecular weight is 579 g/mol. The molecule has 222 valence electrons. The average Bonchev–Trinajstić information content (AvgIpc) is 3.05. The van der Waals surface area contributed by atoms with Gasteiger partial charge in [0, 0.05) is 74.9 Å². The fourth-order valence-corrected chi connectivity index (χ4v) is 6.18. The molecule has 0 saturated carbocycles. The van der Waals surface area contributed by atoms with Gasteiger partial charge < -0.3 is 30.4 Å². The molecule has 9 nitrogen and oxygen atoms in total. The minimum atomic E-state index is -0.335. The standard InChI is InChI=1S/C34H38N6O3/c1-23-18-24(2)30(37-26-12-14-38(15-13-26)31-10-6-4-8-25(31)20-35)19-29(23)34(43)39-16-17-40(27(21-39)22-41)32-11-7-5-9-28(32)33(42)36-3/h5,7-11,18-19,26-27,37,41H,12-17,21-22H2,1-3H3,(H,36,42)/t27-/m0/s1. The number of rotatable bonds is 7. The number of nitriles is 1. The number of carbonyl (C=O) groups is 2. The third-order valence-electron chi connectivity index (χ3n) is 8.57. The summed E-state index contributed by atoms with van der Waals surface area (Å²) >= 11 is 0. The fraction of sp³-hybridized carbons (Fsp3) is 0.382. The van der Waals surface area contributed by atoms with Crippen molar-refractivity contribution in [1.82, 2.24) is 10.2 Å². The normalized spacial score (nSPS) is 17.2. The molecule has 0 unspecified atom stereocenters. The molecule has 43 heavy (non-hydrogen) atoms. The van der Waals surface area contributed by atoms with Crippen LogP contribution >= 0.6 is 0 Å². The van der Waals surface area contributed by atoms with E-state index in [1.54, 1.807) is 24.1 Å². The first-order chi connectivity index (χ1) is 20.8. The predicted octanol–water partition coefficient (Wildman–Crippen LogP) is 3.54. The highest BCUT2D eigenvalue weighted by Gasteiger charge is 2.32. The highest BCUT2D eigenvalue weighted by molar-refractivity contribution is 6.00. The van der Waals surface area contributed by atoms with Gasteiger partial charge in [0.25, 0.3) is 11.8 Å². The van der Waals surface area contributed by atoms with E-state index in [2.05, 4.69) is 46.7 Å². The summed E-state index contributed by atoms with van der Waals surface area (Å²) in [4.78, 5) is 32.4. The molecule has 2 saturated heterocycles. The maximum Gasteiger partial charge on any atom is 0.254 e. The molecule has 1 atom stereocenters. The lowest BCUT2D eigenvalue weighted by Gasteiger charge is -2.42. The number of anilines is 3. The van der Waals surface area contributed by atoms with Crippen molar-refractivity contribution in [2.45, 2.75) is 38.8 Å². The van der Waals surface area contributed by atoms with Crippen LogP contribution in [0, 0.1) is 37.3 Å². The molecule has 2 heterocycles. The molecule has 3 aromatic rings. The van der Waals surface area contributed by atoms with E-state index < -0.39 is 0 Å². The number of amides is 2. The van der Waals surface area contributed by atoms with Crippen molar-refractivity contribution in [3.63, 3.8) is 0 Å². The third-order valence-corrected chi connectivity index (χ3v) is 8.57. The molecule has 2 amide bonds. The molecule has 3 N–H and O–H groups in total. The van der Waals surface area contributed by atoms with Gasteiger partial charge in [-0.25, -0.2) is 0 Å². The molecule has 9 heteroatoms. The largest absolute Gasteiger partial charge is 0.394 e. The Balaban J connectivity index is 1.27. The number of aryl methyl sites for hydroxylation is 2. The van der Waals surface area contributed by atoms with Crippen LogP contribution in [0.1, 0.15) is 50.2 Å². The molecule has 2 aliphatic rings. The number of nitrogens with one attached hydrogen (secondary N) is 2. The highest BCUT2D eigenvalue weighted by atomic mass is 16.3. The van der Waals surface area contributed by atoms with Gasteiger partial charge in [0.2, 0.25) is 0 Å². The van der Waals surface area contributed by atoms with Crippen LogP contribution in [0.2, 0.25) is 0 Å². The molecule has 2 fully saturated rings. The minimum Gasteiger partial charge on any atom is -0.394 e. The summed E-state index contributed by atoms with van der Waals surface area (Å²) in [5.74, 6) is -0.245. The van der Waals surface area contributed by atoms with E-state index in [0.717, 1.165) is 54.1 Å². The highest BCUT2D eigenvalue weighted by Crippen LogP contribution is 2.29. The number of hydrogen-bond acceptors (Lipinski definition) is 7. The lowest BCUT2D eigenvalue weighted by atomic mass is 9.99. The predicted molar refractivity (Wildman–Crippen MR) is 168 cm³/mol. The zero-order chi connectivity index (χ0) is 30.5. The van der Waals surface area contributed by atoms with Crippen LogP contribution in [0.5, 0.6) is 0 Å². The number of piperidine rings is 1. The Morgan fingerprint density at radius 1 is 1.00 bits per heavy atom. The smallest absolute Gasteiger partial charge is 0.254 e. The number of nitrogens with zero attached hydrogens (tertiary/aromatic N) is 4. The molecule has 0 spiro atoms. The fourth-order valence-electron chi connectivity index (χ4n) is 6.18. The minimum absolute atomic E-state index is 0.0609. The topological polar surface area (TPSA) is 112 Å². The van der Waals surface area contributed by atoms with E-state index in [-0.39, 0.29) is 30.5 Å². The molecule has 5 rings (SSSR count). The van der Waals surface area contributed by atoms with Crippen LogP contribution in [0.3, 0.4) is 0 Å². The van der Waals surface area contributed by atoms with Gasteiger partial charge in [-0.1, -0.05) is 30.3 Å². The Bertz CT molecular complexity index is 1520. The maximum absolute atomic E-state index is 13.9. The number of para-hydroxylation sites is 1. The third kappa shape index (κ3) is 6.23. The van der Waals surface area contributed by atoms with Gasteiger partial charge in [0.05, 0.1) is 29.5 Å². The Morgan fingerprint density at radius 3 is 2.47 bits per heavy atom. The molecule has 0 aromatic heterocycles. The Hall–Kier alpha value is -4.73. The first kappa shape index (κ1) is 29.8. The second-order valence-corrected chi connectivity index (χ2v) is 11.3. The van der Waals surface area contributed by atoms with Gasteiger partial charge >= 0.3 is 0 Å². The number of carbonyl (C=O) groups excluding carboxylic acids is 2. The second-order valence-electron chi connectivity index (χ2n) is 11.3. The second kappa shape index (κ2) is 13.1. The van der Waals surface area contributed by atoms with Crippen molar-refractivity contribution in [2.24, 2.45) is 0 Å². The Morgan fingerprint density at radius 2 is 1.74 bits per heavy atom. The van der Waals surface area contributed by atoms with E-state index in [1.807, 2.05) is 42.2 Å². The van der Waals surface area contributed by atoms with Crippen LogP contribution in [0.4, 0.5) is 17.1 Å². The first-order valence-electron chi connectivity index (χ1n) is 14.8. The number of benzene rings is 2. The SMILES string of the molecule is CNC(=O)c1ccccc1N1CCN(C(=O)c2cc(NC3CCN(c4cc#ccc4C#N)CC3)c(C)cc2C)C[C@H]1CO. The van der Waals surface area contributed by atoms with Crippen LogP contribution in [-0.4, -0.2) is 80.3 Å². The molecule has 0 radical (unpaired) electrons. The zero-order valence-electron chi connectivity index (χ0n) is 25.0. The van der Waals surface area contributed by atoms with E-state index in [9.17, 15) is 20.0 Å². The molecular formula is C34H38N6O3. The summed E-state index contributed by atoms with van der Waals surface area (Å²) in [6.45, 7) is 6.84. The van der Waals surface area contributed by atoms with Crippen LogP contribution in [0.15, 0.2) is 48.5 Å². The number of piperazine rings is 1. The van der Waals surface area contributed by atoms with Crippen molar-refractivity contribution in [2.75, 3.05) is 61.5 Å². The zero-order valence-corrected chi connectivity index (χ0v) is 25.0. The van der Waals surface area contributed by atoms with Crippen LogP contribution < -0.4 is 20.4 Å². The Kier molecular flexibility index (Phi) is 9.04. The summed E-state index contributed by atoms with van der Waals surface area (Å²) < 4.78 is 0. The molecule has 2 aliphatic heterocycles. The van der Waals surface area contributed by atoms with Gasteiger partial charge in [0.1, 0.15) is 6.07 Å². The molecule has 0 aliphatic carbocycles. The molecular weight excluding hydrogens is 540 g/mol. The van der Waals surface area contributed by atoms with E-state index in [0.29, 0.717) is 36.3 Å². The number of aliphatic hydroxyl groups excluding tert-OH is 1. The Labute approximate surface area is 253 Å². The van der Waals surface area contributed by atoms with Gasteiger partial charge in [-0.05, 0) is 56.0 Å². The monoisotopic (exact) mass is 578 g/mol. The maximum atomic E-state index is 13.9. The van der Waals surface area contributed by atoms with Crippen molar-refractivity contribution >= 4 is 28.9 Å². The summed E-state index contributed by atoms with van der Waals surface area (Å²) in [6.07, 6.45) is 1.80. The van der Waals surface area contributed by atoms with E-state index in [4.69, 9.17) is 0 Å². The summed E-state index contributed by atoms with van der Waals surface area (Å²) in [5, 5.41) is 26.1. The quantitative estimate of drug-likeness (QED) is 0.393. The number of aliphatic hydroxyl groups is 1. The van der Waals surface area contributed by atoms with Crippen LogP contribution in [0.25, 0.3) is 0 Å². The summed E-state index contributed by atoms with van der Waals surface area (Å²) in [6, 6.07) is 22.9. The first-order valence-corrected chi connectivity index (χ1v) is 14.8. The van der Waals surface area contributed by atoms with Crippen molar-refractivity contribution < 1.29 is 14.7 Å². The van der Waals surface area contributed by atoms with Gasteiger partial charge in [-0.2, -0.15) is 5.26 Å². The van der Waals surface area contributed by atoms with Crippen LogP contribution in [-0.2, 0) is 0 Å². The number of hydrogen-bond donors (Lipinski definition) is 3. The lowest BCUT2D eigenvalue weighted by Crippen LogP contribution is -2.56. The van der Waals surface area contributed by atoms with Crippen molar-refractivity contribution in [3.8, 4) is 6.07 Å². The van der Waals surface area contributed by atoms with Gasteiger partial charge in [0.15, 0.2) is 0 Å². The summed E-state index contributed by atoms with van der Waals surface area (Å²) in [7, 11) is 1.60. The van der Waals surface area contributed by atoms with Gasteiger partial charge in [-0.3, -0.25) is 9.59 Å². The van der Waals surface area contributed by atoms with Crippen molar-refractivity contribution in [1.29, 1.82) is 5.26 Å². The summed E-state index contributed by atoms with van der Waals surface area (Å²) in [5.41, 5.74) is 6.41. The lowest BCUT2D eigenvalue weighted by molar-refractivity contribution is 0.0697. The van der Waals surface area contributed by atoms with Crippen molar-refractivity contribution in [3.05, 3.63) is 88.5 Å². The van der Waals surface area contributed by atoms with E-state index >= 15 is 0 Å². The molecule has 0 bridgehead atoms. The molecule has 3 aromatic carbocycles. The van der Waals surface area contributed by atoms with Gasteiger partial charge in [-0.15, -0.1) is 0 Å².